The zero-order valence-electron chi connectivity index (χ0n) is 17.1. The van der Waals surface area contributed by atoms with Crippen LogP contribution in [-0.4, -0.2) is 46.2 Å². The molecule has 156 valence electrons. The van der Waals surface area contributed by atoms with E-state index in [1.807, 2.05) is 30.3 Å². The largest absolute Gasteiger partial charge is 0.507 e. The van der Waals surface area contributed by atoms with Crippen LogP contribution in [0.15, 0.2) is 72.8 Å². The van der Waals surface area contributed by atoms with Crippen LogP contribution >= 0.6 is 11.6 Å². The Morgan fingerprint density at radius 2 is 1.58 bits per heavy atom. The highest BCUT2D eigenvalue weighted by atomic mass is 35.5. The second-order valence-corrected chi connectivity index (χ2v) is 8.23. The zero-order chi connectivity index (χ0) is 21.2. The Kier molecular flexibility index (Phi) is 5.45. The summed E-state index contributed by atoms with van der Waals surface area (Å²) < 4.78 is 0. The van der Waals surface area contributed by atoms with Gasteiger partial charge in [-0.1, -0.05) is 54.1 Å². The lowest BCUT2D eigenvalue weighted by atomic mass is 10.1. The fourth-order valence-electron chi connectivity index (χ4n) is 4.07. The molecule has 3 aromatic carbocycles. The molecule has 2 heterocycles. The van der Waals surface area contributed by atoms with Crippen LogP contribution < -0.4 is 4.90 Å². The Labute approximate surface area is 186 Å². The minimum Gasteiger partial charge on any atom is -0.507 e. The van der Waals surface area contributed by atoms with Crippen LogP contribution in [0.5, 0.6) is 5.75 Å². The van der Waals surface area contributed by atoms with Gasteiger partial charge in [-0.15, -0.1) is 0 Å². The number of hydrogen-bond donors (Lipinski definition) is 1. The summed E-state index contributed by atoms with van der Waals surface area (Å²) in [5.41, 5.74) is 2.73. The fourth-order valence-corrected chi connectivity index (χ4v) is 4.24. The lowest BCUT2D eigenvalue weighted by Gasteiger charge is -2.36. The zero-order valence-corrected chi connectivity index (χ0v) is 17.8. The molecule has 0 amide bonds. The van der Waals surface area contributed by atoms with E-state index < -0.39 is 0 Å². The number of fused-ring (bicyclic) bond motifs is 1. The minimum atomic E-state index is 0.169. The first-order valence-corrected chi connectivity index (χ1v) is 10.8. The fraction of sp³-hybridized carbons (Fsp3) is 0.200. The van der Waals surface area contributed by atoms with E-state index in [-0.39, 0.29) is 5.75 Å². The minimum absolute atomic E-state index is 0.169. The SMILES string of the molecule is Oc1ccccc1-c1nc(N2CCN(Cc3ccccc3)CC2)c2ccc(Cl)cc2n1. The molecule has 1 saturated heterocycles. The molecule has 1 aromatic heterocycles. The summed E-state index contributed by atoms with van der Waals surface area (Å²) in [6.45, 7) is 4.63. The molecule has 31 heavy (non-hydrogen) atoms. The predicted octanol–water partition coefficient (Wildman–Crippen LogP) is 4.98. The molecule has 0 atom stereocenters. The molecular weight excluding hydrogens is 408 g/mol. The molecule has 5 rings (SSSR count). The number of phenols is 1. The Hall–Kier alpha value is -3.15. The predicted molar refractivity (Wildman–Crippen MR) is 126 cm³/mol. The molecule has 0 unspecified atom stereocenters. The van der Waals surface area contributed by atoms with Crippen LogP contribution in [0.3, 0.4) is 0 Å². The van der Waals surface area contributed by atoms with Crippen molar-refractivity contribution in [3.63, 3.8) is 0 Å². The number of nitrogens with zero attached hydrogens (tertiary/aromatic N) is 4. The number of aromatic nitrogens is 2. The molecular formula is C25H23ClN4O. The van der Waals surface area contributed by atoms with Gasteiger partial charge in [0.25, 0.3) is 0 Å². The second-order valence-electron chi connectivity index (χ2n) is 7.80. The molecule has 6 heteroatoms. The van der Waals surface area contributed by atoms with Crippen molar-refractivity contribution in [3.8, 4) is 17.1 Å². The highest BCUT2D eigenvalue weighted by Crippen LogP contribution is 2.33. The van der Waals surface area contributed by atoms with Gasteiger partial charge in [0, 0.05) is 43.1 Å². The average Bonchev–Trinajstić information content (AvgIpc) is 2.80. The number of rotatable bonds is 4. The molecule has 1 aliphatic heterocycles. The number of piperazine rings is 1. The number of phenolic OH excluding ortho intramolecular Hbond substituents is 1. The molecule has 0 aliphatic carbocycles. The van der Waals surface area contributed by atoms with Gasteiger partial charge in [-0.2, -0.15) is 0 Å². The average molecular weight is 431 g/mol. The molecule has 5 nitrogen and oxygen atoms in total. The van der Waals surface area contributed by atoms with Crippen LogP contribution in [0.25, 0.3) is 22.3 Å². The Bertz CT molecular complexity index is 1210. The number of hydrogen-bond acceptors (Lipinski definition) is 5. The highest BCUT2D eigenvalue weighted by molar-refractivity contribution is 6.31. The summed E-state index contributed by atoms with van der Waals surface area (Å²) in [5, 5.41) is 11.9. The van der Waals surface area contributed by atoms with Gasteiger partial charge in [0.1, 0.15) is 11.6 Å². The van der Waals surface area contributed by atoms with Crippen molar-refractivity contribution in [2.45, 2.75) is 6.54 Å². The van der Waals surface area contributed by atoms with E-state index in [1.165, 1.54) is 5.56 Å². The van der Waals surface area contributed by atoms with Crippen molar-refractivity contribution in [3.05, 3.63) is 83.4 Å². The summed E-state index contributed by atoms with van der Waals surface area (Å²) in [4.78, 5) is 14.4. The Balaban J connectivity index is 1.46. The van der Waals surface area contributed by atoms with Crippen LogP contribution in [0.2, 0.25) is 5.02 Å². The van der Waals surface area contributed by atoms with E-state index in [9.17, 15) is 5.11 Å². The number of anilines is 1. The summed E-state index contributed by atoms with van der Waals surface area (Å²) in [5.74, 6) is 1.57. The van der Waals surface area contributed by atoms with Gasteiger partial charge >= 0.3 is 0 Å². The van der Waals surface area contributed by atoms with Crippen molar-refractivity contribution in [1.29, 1.82) is 0 Å². The normalized spacial score (nSPS) is 14.8. The molecule has 1 aliphatic rings. The maximum atomic E-state index is 10.3. The van der Waals surface area contributed by atoms with Gasteiger partial charge in [-0.3, -0.25) is 4.90 Å². The Morgan fingerprint density at radius 3 is 2.35 bits per heavy atom. The standard InChI is InChI=1S/C25H23ClN4O/c26-19-10-11-20-22(16-19)27-24(21-8-4-5-9-23(21)31)28-25(20)30-14-12-29(13-15-30)17-18-6-2-1-3-7-18/h1-11,16,31H,12-15,17H2. The van der Waals surface area contributed by atoms with E-state index >= 15 is 0 Å². The maximum absolute atomic E-state index is 10.3. The molecule has 4 aromatic rings. The number of aromatic hydroxyl groups is 1. The third-order valence-corrected chi connectivity index (χ3v) is 5.94. The third-order valence-electron chi connectivity index (χ3n) is 5.70. The van der Waals surface area contributed by atoms with Gasteiger partial charge in [0.15, 0.2) is 5.82 Å². The van der Waals surface area contributed by atoms with Crippen LogP contribution in [0.4, 0.5) is 5.82 Å². The van der Waals surface area contributed by atoms with Crippen molar-refractivity contribution in [2.75, 3.05) is 31.1 Å². The summed E-state index contributed by atoms with van der Waals surface area (Å²) in [7, 11) is 0. The topological polar surface area (TPSA) is 52.5 Å². The van der Waals surface area contributed by atoms with Crippen molar-refractivity contribution >= 4 is 28.3 Å². The highest BCUT2D eigenvalue weighted by Gasteiger charge is 2.22. The van der Waals surface area contributed by atoms with Crippen molar-refractivity contribution in [2.24, 2.45) is 0 Å². The molecule has 1 N–H and O–H groups in total. The number of halogens is 1. The quantitative estimate of drug-likeness (QED) is 0.495. The summed E-state index contributed by atoms with van der Waals surface area (Å²) >= 11 is 6.25. The van der Waals surface area contributed by atoms with Crippen LogP contribution in [0.1, 0.15) is 5.56 Å². The van der Waals surface area contributed by atoms with E-state index in [0.717, 1.165) is 49.4 Å². The first-order chi connectivity index (χ1) is 15.2. The monoisotopic (exact) mass is 430 g/mol. The Morgan fingerprint density at radius 1 is 0.839 bits per heavy atom. The van der Waals surface area contributed by atoms with Crippen LogP contribution in [-0.2, 0) is 6.54 Å². The van der Waals surface area contributed by atoms with Crippen molar-refractivity contribution < 1.29 is 5.11 Å². The third kappa shape index (κ3) is 4.20. The number of benzene rings is 3. The molecule has 0 radical (unpaired) electrons. The smallest absolute Gasteiger partial charge is 0.165 e. The van der Waals surface area contributed by atoms with Crippen molar-refractivity contribution in [1.82, 2.24) is 14.9 Å². The van der Waals surface area contributed by atoms with E-state index in [0.29, 0.717) is 16.4 Å². The summed E-state index contributed by atoms with van der Waals surface area (Å²) in [6, 6.07) is 23.5. The van der Waals surface area contributed by atoms with E-state index in [2.05, 4.69) is 40.1 Å². The lowest BCUT2D eigenvalue weighted by molar-refractivity contribution is 0.249. The van der Waals surface area contributed by atoms with Gasteiger partial charge in [-0.25, -0.2) is 9.97 Å². The van der Waals surface area contributed by atoms with Gasteiger partial charge < -0.3 is 10.0 Å². The number of para-hydroxylation sites is 1. The van der Waals surface area contributed by atoms with E-state index in [1.54, 1.807) is 12.1 Å². The van der Waals surface area contributed by atoms with Gasteiger partial charge in [-0.05, 0) is 35.9 Å². The first-order valence-electron chi connectivity index (χ1n) is 10.4. The molecule has 0 bridgehead atoms. The van der Waals surface area contributed by atoms with Crippen LogP contribution in [0, 0.1) is 0 Å². The molecule has 0 spiro atoms. The summed E-state index contributed by atoms with van der Waals surface area (Å²) in [6.07, 6.45) is 0. The maximum Gasteiger partial charge on any atom is 0.165 e. The molecule has 0 saturated carbocycles. The first kappa shape index (κ1) is 19.8. The van der Waals surface area contributed by atoms with Gasteiger partial charge in [0.05, 0.1) is 11.1 Å². The second kappa shape index (κ2) is 8.53. The molecule has 1 fully saturated rings. The van der Waals surface area contributed by atoms with E-state index in [4.69, 9.17) is 21.6 Å². The lowest BCUT2D eigenvalue weighted by Crippen LogP contribution is -2.46. The van der Waals surface area contributed by atoms with Gasteiger partial charge in [0.2, 0.25) is 0 Å².